The smallest absolute Gasteiger partial charge is 0.220 e. The first-order valence-electron chi connectivity index (χ1n) is 7.24. The predicted molar refractivity (Wildman–Crippen MR) is 81.9 cm³/mol. The molecule has 1 unspecified atom stereocenters. The highest BCUT2D eigenvalue weighted by atomic mass is 16.5. The molecule has 0 aliphatic carbocycles. The van der Waals surface area contributed by atoms with Gasteiger partial charge in [-0.1, -0.05) is 32.0 Å². The minimum absolute atomic E-state index is 0.0306. The average molecular weight is 278 g/mol. The van der Waals surface area contributed by atoms with Gasteiger partial charge in [0.1, 0.15) is 12.4 Å². The molecule has 4 heteroatoms. The average Bonchev–Trinajstić information content (AvgIpc) is 2.41. The number of hydrogen-bond donors (Lipinski definition) is 2. The van der Waals surface area contributed by atoms with Crippen LogP contribution < -0.4 is 15.8 Å². The summed E-state index contributed by atoms with van der Waals surface area (Å²) in [6, 6.07) is 8.07. The molecule has 1 rings (SSSR count). The highest BCUT2D eigenvalue weighted by molar-refractivity contribution is 5.75. The molecular weight excluding hydrogens is 252 g/mol. The number of benzene rings is 1. The lowest BCUT2D eigenvalue weighted by Crippen LogP contribution is -2.29. The van der Waals surface area contributed by atoms with Crippen LogP contribution in [-0.4, -0.2) is 25.1 Å². The van der Waals surface area contributed by atoms with Crippen LogP contribution in [0.5, 0.6) is 5.75 Å². The van der Waals surface area contributed by atoms with Crippen molar-refractivity contribution >= 4 is 5.91 Å². The molecule has 112 valence electrons. The molecule has 0 fully saturated rings. The van der Waals surface area contributed by atoms with Crippen molar-refractivity contribution < 1.29 is 9.53 Å². The zero-order valence-electron chi connectivity index (χ0n) is 12.7. The van der Waals surface area contributed by atoms with E-state index >= 15 is 0 Å². The Hall–Kier alpha value is -1.55. The van der Waals surface area contributed by atoms with E-state index in [0.29, 0.717) is 31.9 Å². The Labute approximate surface area is 121 Å². The van der Waals surface area contributed by atoms with Gasteiger partial charge in [0.05, 0.1) is 6.54 Å². The summed E-state index contributed by atoms with van der Waals surface area (Å²) in [4.78, 5) is 11.5. The minimum atomic E-state index is 0.0306. The lowest BCUT2D eigenvalue weighted by molar-refractivity contribution is -0.121. The van der Waals surface area contributed by atoms with Crippen LogP contribution in [0.4, 0.5) is 0 Å². The van der Waals surface area contributed by atoms with Gasteiger partial charge in [-0.05, 0) is 30.9 Å². The van der Waals surface area contributed by atoms with Crippen molar-refractivity contribution in [2.45, 2.75) is 45.6 Å². The molecular formula is C16H26N2O2. The van der Waals surface area contributed by atoms with Gasteiger partial charge in [-0.3, -0.25) is 4.79 Å². The molecule has 0 aliphatic rings. The number of para-hydroxylation sites is 1. The number of nitrogens with two attached hydrogens (primary N) is 1. The Morgan fingerprint density at radius 3 is 2.65 bits per heavy atom. The van der Waals surface area contributed by atoms with E-state index < -0.39 is 0 Å². The van der Waals surface area contributed by atoms with Crippen molar-refractivity contribution in [3.8, 4) is 5.75 Å². The van der Waals surface area contributed by atoms with E-state index in [1.165, 1.54) is 5.56 Å². The molecule has 0 heterocycles. The minimum Gasteiger partial charge on any atom is -0.491 e. The van der Waals surface area contributed by atoms with E-state index in [2.05, 4.69) is 25.2 Å². The molecule has 0 aromatic heterocycles. The summed E-state index contributed by atoms with van der Waals surface area (Å²) in [5.41, 5.74) is 6.80. The third kappa shape index (κ3) is 6.06. The van der Waals surface area contributed by atoms with Gasteiger partial charge in [-0.25, -0.2) is 0 Å². The van der Waals surface area contributed by atoms with E-state index in [4.69, 9.17) is 10.5 Å². The van der Waals surface area contributed by atoms with Crippen LogP contribution in [0.1, 0.15) is 45.1 Å². The zero-order chi connectivity index (χ0) is 15.0. The summed E-state index contributed by atoms with van der Waals surface area (Å²) in [6.45, 7) is 7.17. The van der Waals surface area contributed by atoms with Crippen molar-refractivity contribution in [2.24, 2.45) is 5.73 Å². The molecule has 0 bridgehead atoms. The zero-order valence-corrected chi connectivity index (χ0v) is 12.7. The van der Waals surface area contributed by atoms with E-state index in [1.807, 2.05) is 25.1 Å². The molecule has 0 saturated heterocycles. The van der Waals surface area contributed by atoms with E-state index in [0.717, 1.165) is 5.75 Å². The van der Waals surface area contributed by atoms with E-state index in [1.54, 1.807) is 0 Å². The van der Waals surface area contributed by atoms with Crippen LogP contribution in [0.15, 0.2) is 24.3 Å². The third-order valence-electron chi connectivity index (χ3n) is 3.05. The topological polar surface area (TPSA) is 64.4 Å². The van der Waals surface area contributed by atoms with Gasteiger partial charge >= 0.3 is 0 Å². The van der Waals surface area contributed by atoms with Gasteiger partial charge in [0.2, 0.25) is 5.91 Å². The number of rotatable bonds is 8. The maximum absolute atomic E-state index is 11.5. The molecule has 20 heavy (non-hydrogen) atoms. The normalized spacial score (nSPS) is 12.2. The Morgan fingerprint density at radius 2 is 2.00 bits per heavy atom. The molecule has 4 nitrogen and oxygen atoms in total. The summed E-state index contributed by atoms with van der Waals surface area (Å²) in [7, 11) is 0. The van der Waals surface area contributed by atoms with Crippen molar-refractivity contribution in [2.75, 3.05) is 13.2 Å². The van der Waals surface area contributed by atoms with E-state index in [-0.39, 0.29) is 11.9 Å². The van der Waals surface area contributed by atoms with Gasteiger partial charge < -0.3 is 15.8 Å². The van der Waals surface area contributed by atoms with Crippen molar-refractivity contribution in [3.63, 3.8) is 0 Å². The molecule has 0 saturated carbocycles. The summed E-state index contributed by atoms with van der Waals surface area (Å²) in [5.74, 6) is 1.35. The highest BCUT2D eigenvalue weighted by Gasteiger charge is 2.07. The number of carbonyl (C=O) groups is 1. The summed E-state index contributed by atoms with van der Waals surface area (Å²) < 4.78 is 5.74. The van der Waals surface area contributed by atoms with Gasteiger partial charge in [0.15, 0.2) is 0 Å². The van der Waals surface area contributed by atoms with Crippen LogP contribution in [0.25, 0.3) is 0 Å². The number of nitrogens with one attached hydrogen (secondary N) is 1. The van der Waals surface area contributed by atoms with Gasteiger partial charge in [0.25, 0.3) is 0 Å². The van der Waals surface area contributed by atoms with Gasteiger partial charge in [-0.2, -0.15) is 0 Å². The highest BCUT2D eigenvalue weighted by Crippen LogP contribution is 2.25. The Morgan fingerprint density at radius 1 is 1.30 bits per heavy atom. The molecule has 1 amide bonds. The number of carbonyl (C=O) groups excluding carboxylic acids is 1. The Bertz CT molecular complexity index is 417. The summed E-state index contributed by atoms with van der Waals surface area (Å²) in [5, 5.41) is 2.84. The lowest BCUT2D eigenvalue weighted by Gasteiger charge is -2.14. The second-order valence-electron chi connectivity index (χ2n) is 5.41. The van der Waals surface area contributed by atoms with Crippen LogP contribution in [-0.2, 0) is 4.79 Å². The Kier molecular flexibility index (Phi) is 7.09. The first kappa shape index (κ1) is 16.5. The number of amides is 1. The lowest BCUT2D eigenvalue weighted by atomic mass is 10.0. The third-order valence-corrected chi connectivity index (χ3v) is 3.05. The fraction of sp³-hybridized carbons (Fsp3) is 0.562. The van der Waals surface area contributed by atoms with E-state index in [9.17, 15) is 4.79 Å². The van der Waals surface area contributed by atoms with Gasteiger partial charge in [0, 0.05) is 12.5 Å². The van der Waals surface area contributed by atoms with Crippen molar-refractivity contribution in [3.05, 3.63) is 29.8 Å². The van der Waals surface area contributed by atoms with Crippen molar-refractivity contribution in [1.82, 2.24) is 5.32 Å². The molecule has 3 N–H and O–H groups in total. The van der Waals surface area contributed by atoms with Crippen LogP contribution in [0.3, 0.4) is 0 Å². The second kappa shape index (κ2) is 8.59. The van der Waals surface area contributed by atoms with Gasteiger partial charge in [-0.15, -0.1) is 0 Å². The molecule has 1 aromatic rings. The first-order chi connectivity index (χ1) is 9.50. The molecule has 1 atom stereocenters. The maximum atomic E-state index is 11.5. The molecule has 0 aliphatic heterocycles. The van der Waals surface area contributed by atoms with Crippen LogP contribution in [0, 0.1) is 0 Å². The SMILES string of the molecule is CC(N)CCC(=O)NCCOc1ccccc1C(C)C. The van der Waals surface area contributed by atoms with Crippen LogP contribution >= 0.6 is 0 Å². The summed E-state index contributed by atoms with van der Waals surface area (Å²) >= 11 is 0. The monoisotopic (exact) mass is 278 g/mol. The molecule has 0 spiro atoms. The summed E-state index contributed by atoms with van der Waals surface area (Å²) in [6.07, 6.45) is 1.18. The maximum Gasteiger partial charge on any atom is 0.220 e. The molecule has 0 radical (unpaired) electrons. The Balaban J connectivity index is 2.29. The molecule has 1 aromatic carbocycles. The number of ether oxygens (including phenoxy) is 1. The predicted octanol–water partition coefficient (Wildman–Crippen LogP) is 2.43. The first-order valence-corrected chi connectivity index (χ1v) is 7.24. The standard InChI is InChI=1S/C16H26N2O2/c1-12(2)14-6-4-5-7-15(14)20-11-10-18-16(19)9-8-13(3)17/h4-7,12-13H,8-11,17H2,1-3H3,(H,18,19). The fourth-order valence-electron chi connectivity index (χ4n) is 1.89. The second-order valence-corrected chi connectivity index (χ2v) is 5.41. The largest absolute Gasteiger partial charge is 0.491 e. The fourth-order valence-corrected chi connectivity index (χ4v) is 1.89. The van der Waals surface area contributed by atoms with Crippen molar-refractivity contribution in [1.29, 1.82) is 0 Å². The number of hydrogen-bond acceptors (Lipinski definition) is 3. The van der Waals surface area contributed by atoms with Crippen LogP contribution in [0.2, 0.25) is 0 Å². The quantitative estimate of drug-likeness (QED) is 0.718.